The van der Waals surface area contributed by atoms with Crippen LogP contribution in [-0.2, 0) is 0 Å². The van der Waals surface area contributed by atoms with Gasteiger partial charge in [0.05, 0.1) is 5.69 Å². The number of pyridine rings is 1. The molecule has 4 heteroatoms. The minimum atomic E-state index is 0.853. The van der Waals surface area contributed by atoms with Gasteiger partial charge < -0.3 is 5.32 Å². The zero-order chi connectivity index (χ0) is 25.3. The van der Waals surface area contributed by atoms with Gasteiger partial charge in [-0.2, -0.15) is 0 Å². The van der Waals surface area contributed by atoms with Gasteiger partial charge in [-0.1, -0.05) is 102 Å². The lowest BCUT2D eigenvalue weighted by atomic mass is 9.99. The van der Waals surface area contributed by atoms with Gasteiger partial charge in [-0.3, -0.25) is 4.98 Å². The number of nitrogens with one attached hydrogen (secondary N) is 1. The summed E-state index contributed by atoms with van der Waals surface area (Å²) >= 11 is 3.69. The molecule has 0 radical (unpaired) electrons. The fourth-order valence-corrected chi connectivity index (χ4v) is 7.26. The maximum absolute atomic E-state index is 4.62. The van der Waals surface area contributed by atoms with E-state index in [1.54, 1.807) is 0 Å². The van der Waals surface area contributed by atoms with Gasteiger partial charge in [0.1, 0.15) is 0 Å². The van der Waals surface area contributed by atoms with Crippen LogP contribution in [0.2, 0.25) is 0 Å². The van der Waals surface area contributed by atoms with Crippen molar-refractivity contribution in [1.82, 2.24) is 10.3 Å². The van der Waals surface area contributed by atoms with Crippen molar-refractivity contribution in [2.24, 2.45) is 0 Å². The molecule has 0 saturated heterocycles. The molecule has 2 aliphatic heterocycles. The van der Waals surface area contributed by atoms with E-state index < -0.39 is 0 Å². The first kappa shape index (κ1) is 23.2. The number of hydrogen-bond donors (Lipinski definition) is 1. The van der Waals surface area contributed by atoms with E-state index in [-0.39, 0.29) is 0 Å². The Kier molecular flexibility index (Phi) is 6.12. The van der Waals surface area contributed by atoms with Crippen LogP contribution in [0.25, 0.3) is 39.2 Å². The predicted molar refractivity (Wildman–Crippen MR) is 160 cm³/mol. The number of allylic oxidation sites excluding steroid dienone is 2. The molecule has 7 rings (SSSR count). The fraction of sp³-hybridized carbons (Fsp3) is 0.0294. The largest absolute Gasteiger partial charge is 0.381 e. The Morgan fingerprint density at radius 1 is 0.579 bits per heavy atom. The van der Waals surface area contributed by atoms with Crippen molar-refractivity contribution in [1.29, 1.82) is 0 Å². The second-order valence-corrected chi connectivity index (χ2v) is 11.4. The predicted octanol–water partition coefficient (Wildman–Crippen LogP) is 9.20. The molecule has 0 atom stereocenters. The number of rotatable bonds is 2. The van der Waals surface area contributed by atoms with Crippen molar-refractivity contribution in [3.05, 3.63) is 133 Å². The van der Waals surface area contributed by atoms with Crippen molar-refractivity contribution < 1.29 is 0 Å². The van der Waals surface area contributed by atoms with Gasteiger partial charge in [0.2, 0.25) is 0 Å². The van der Waals surface area contributed by atoms with Crippen molar-refractivity contribution in [2.75, 3.05) is 6.54 Å². The number of hydrogen-bond acceptors (Lipinski definition) is 4. The van der Waals surface area contributed by atoms with E-state index in [0.717, 1.165) is 23.5 Å². The topological polar surface area (TPSA) is 24.9 Å². The van der Waals surface area contributed by atoms with Crippen LogP contribution < -0.4 is 5.32 Å². The monoisotopic (exact) mass is 524 g/mol. The Morgan fingerprint density at radius 3 is 1.82 bits per heavy atom. The van der Waals surface area contributed by atoms with E-state index in [4.69, 9.17) is 0 Å². The van der Waals surface area contributed by atoms with Crippen LogP contribution in [0.3, 0.4) is 0 Å². The Hall–Kier alpha value is -3.99. The number of nitrogens with zero attached hydrogens (tertiary/aromatic N) is 1. The molecule has 2 nitrogen and oxygen atoms in total. The van der Waals surface area contributed by atoms with E-state index in [1.807, 2.05) is 41.9 Å². The Balaban J connectivity index is 1.47. The summed E-state index contributed by atoms with van der Waals surface area (Å²) in [4.78, 5) is 9.62. The smallest absolute Gasteiger partial charge is 0.0702 e. The van der Waals surface area contributed by atoms with E-state index in [1.165, 1.54) is 47.4 Å². The summed E-state index contributed by atoms with van der Waals surface area (Å²) in [6.07, 6.45) is 8.28. The first-order valence-electron chi connectivity index (χ1n) is 12.7. The minimum absolute atomic E-state index is 0.853. The molecule has 0 bridgehead atoms. The van der Waals surface area contributed by atoms with E-state index >= 15 is 0 Å². The second-order valence-electron chi connectivity index (χ2n) is 9.22. The highest BCUT2D eigenvalue weighted by Crippen LogP contribution is 2.49. The second kappa shape index (κ2) is 10.1. The van der Waals surface area contributed by atoms with Gasteiger partial charge in [-0.05, 0) is 70.3 Å². The maximum Gasteiger partial charge on any atom is 0.0702 e. The van der Waals surface area contributed by atoms with Crippen LogP contribution >= 0.6 is 23.5 Å². The molecule has 0 amide bonds. The molecular weight excluding hydrogens is 501 g/mol. The lowest BCUT2D eigenvalue weighted by molar-refractivity contribution is 0.994. The number of aromatic nitrogens is 1. The molecule has 0 fully saturated rings. The van der Waals surface area contributed by atoms with Gasteiger partial charge in [-0.25, -0.2) is 0 Å². The van der Waals surface area contributed by atoms with Crippen LogP contribution in [0, 0.1) is 0 Å². The highest BCUT2D eigenvalue weighted by Gasteiger charge is 2.20. The van der Waals surface area contributed by atoms with Crippen molar-refractivity contribution in [3.63, 3.8) is 0 Å². The molecule has 0 saturated carbocycles. The Morgan fingerprint density at radius 2 is 1.18 bits per heavy atom. The Bertz CT molecular complexity index is 1720. The fourth-order valence-electron chi connectivity index (χ4n) is 4.97. The van der Waals surface area contributed by atoms with E-state index in [2.05, 4.69) is 120 Å². The quantitative estimate of drug-likeness (QED) is 0.244. The van der Waals surface area contributed by atoms with Gasteiger partial charge in [0.15, 0.2) is 0 Å². The van der Waals surface area contributed by atoms with Crippen LogP contribution in [0.5, 0.6) is 0 Å². The van der Waals surface area contributed by atoms with E-state index in [0.29, 0.717) is 0 Å². The lowest BCUT2D eigenvalue weighted by Crippen LogP contribution is -2.14. The average molecular weight is 525 g/mol. The third-order valence-corrected chi connectivity index (χ3v) is 9.11. The van der Waals surface area contributed by atoms with Crippen LogP contribution in [-0.4, -0.2) is 11.5 Å². The normalized spacial score (nSPS) is 13.7. The summed E-state index contributed by atoms with van der Waals surface area (Å²) in [5.74, 6) is 0. The van der Waals surface area contributed by atoms with Crippen LogP contribution in [0.4, 0.5) is 0 Å². The zero-order valence-corrected chi connectivity index (χ0v) is 22.2. The first-order valence-corrected chi connectivity index (χ1v) is 14.3. The maximum atomic E-state index is 4.62. The molecule has 5 aromatic rings. The summed E-state index contributed by atoms with van der Waals surface area (Å²) in [5.41, 5.74) is 9.48. The third kappa shape index (κ3) is 4.36. The van der Waals surface area contributed by atoms with Crippen LogP contribution in [0.1, 0.15) is 5.56 Å². The van der Waals surface area contributed by atoms with Gasteiger partial charge >= 0.3 is 0 Å². The summed E-state index contributed by atoms with van der Waals surface area (Å²) < 4.78 is 0. The third-order valence-electron chi connectivity index (χ3n) is 6.84. The number of benzene rings is 4. The zero-order valence-electron chi connectivity index (χ0n) is 20.6. The molecule has 2 aliphatic rings. The molecule has 4 aromatic carbocycles. The molecule has 38 heavy (non-hydrogen) atoms. The lowest BCUT2D eigenvalue weighted by Gasteiger charge is -2.21. The summed E-state index contributed by atoms with van der Waals surface area (Å²) in [6, 6.07) is 37.2. The molecule has 1 aromatic heterocycles. The SMILES string of the molecule is C1=CCNC(c2ccc3c(c2)Sc2ccccc2-c2ccccc2Sc2cc(-c4ccccn4)ccc2-3)=C1. The molecule has 182 valence electrons. The average Bonchev–Trinajstić information content (AvgIpc) is 2.99. The van der Waals surface area contributed by atoms with Crippen molar-refractivity contribution in [3.8, 4) is 33.5 Å². The van der Waals surface area contributed by atoms with Crippen molar-refractivity contribution >= 4 is 29.2 Å². The minimum Gasteiger partial charge on any atom is -0.381 e. The molecule has 0 spiro atoms. The van der Waals surface area contributed by atoms with Gasteiger partial charge in [-0.15, -0.1) is 0 Å². The van der Waals surface area contributed by atoms with Gasteiger partial charge in [0.25, 0.3) is 0 Å². The first-order chi connectivity index (χ1) is 18.8. The molecule has 1 N–H and O–H groups in total. The molecular formula is C34H24N2S2. The van der Waals surface area contributed by atoms with Crippen LogP contribution in [0.15, 0.2) is 147 Å². The van der Waals surface area contributed by atoms with E-state index in [9.17, 15) is 0 Å². The number of fused-ring (bicyclic) bond motifs is 6. The molecule has 3 heterocycles. The van der Waals surface area contributed by atoms with Crippen molar-refractivity contribution in [2.45, 2.75) is 19.6 Å². The summed E-state index contributed by atoms with van der Waals surface area (Å²) in [6.45, 7) is 0.853. The highest BCUT2D eigenvalue weighted by atomic mass is 32.2. The highest BCUT2D eigenvalue weighted by molar-refractivity contribution is 8.00. The standard InChI is InChI=1S/C34H24N2S2/c1-3-13-31-25(9-1)26-10-2-4-14-32(26)38-34-22-24(30-12-6-8-20-36-30)16-18-28(34)27-17-15-23(21-33(27)37-31)29-11-5-7-19-35-29/h1-19,21-22,36H,20H2. The molecule has 0 unspecified atom stereocenters. The Labute approximate surface area is 231 Å². The summed E-state index contributed by atoms with van der Waals surface area (Å²) in [5, 5.41) is 3.52. The summed E-state index contributed by atoms with van der Waals surface area (Å²) in [7, 11) is 0. The van der Waals surface area contributed by atoms with Gasteiger partial charge in [0, 0.05) is 43.6 Å². The number of dihydropyridines is 1. The molecule has 0 aliphatic carbocycles.